The molecule has 0 saturated carbocycles. The second-order valence-corrected chi connectivity index (χ2v) is 6.37. The van der Waals surface area contributed by atoms with Gasteiger partial charge >= 0.3 is 0 Å². The summed E-state index contributed by atoms with van der Waals surface area (Å²) >= 11 is 0. The molecule has 3 N–H and O–H groups in total. The molecule has 1 heterocycles. The highest BCUT2D eigenvalue weighted by atomic mass is 32.2. The molecule has 2 rings (SSSR count). The summed E-state index contributed by atoms with van der Waals surface area (Å²) in [6.45, 7) is 1.80. The summed E-state index contributed by atoms with van der Waals surface area (Å²) in [4.78, 5) is 3.91. The summed E-state index contributed by atoms with van der Waals surface area (Å²) in [5.41, 5.74) is 7.77. The van der Waals surface area contributed by atoms with Crippen LogP contribution in [0.5, 0.6) is 0 Å². The van der Waals surface area contributed by atoms with Crippen LogP contribution in [0.4, 0.5) is 5.69 Å². The number of nitrogens with zero attached hydrogens (tertiary/aromatic N) is 1. The van der Waals surface area contributed by atoms with E-state index >= 15 is 0 Å². The largest absolute Gasteiger partial charge is 0.399 e. The summed E-state index contributed by atoms with van der Waals surface area (Å²) in [6.07, 6.45) is 3.28. The minimum atomic E-state index is -3.41. The maximum atomic E-state index is 12.1. The fraction of sp³-hybridized carbons (Fsp3) is 0.214. The number of hydrogen-bond donors (Lipinski definition) is 2. The second kappa shape index (κ2) is 6.02. The van der Waals surface area contributed by atoms with Crippen LogP contribution in [0.3, 0.4) is 0 Å². The number of nitrogen functional groups attached to an aromatic ring is 1. The predicted octanol–water partition coefficient (Wildman–Crippen LogP) is 1.84. The van der Waals surface area contributed by atoms with Crippen LogP contribution in [0.1, 0.15) is 24.1 Å². The van der Waals surface area contributed by atoms with E-state index in [1.54, 1.807) is 55.7 Å². The minimum Gasteiger partial charge on any atom is -0.399 e. The number of anilines is 1. The third-order valence-corrected chi connectivity index (χ3v) is 4.32. The van der Waals surface area contributed by atoms with Crippen molar-refractivity contribution < 1.29 is 8.42 Å². The van der Waals surface area contributed by atoms with Crippen molar-refractivity contribution in [3.05, 3.63) is 59.9 Å². The predicted molar refractivity (Wildman–Crippen MR) is 79.3 cm³/mol. The lowest BCUT2D eigenvalue weighted by Crippen LogP contribution is -2.28. The van der Waals surface area contributed by atoms with Gasteiger partial charge in [0.15, 0.2) is 0 Å². The lowest BCUT2D eigenvalue weighted by atomic mass is 10.1. The van der Waals surface area contributed by atoms with Gasteiger partial charge in [0.05, 0.1) is 5.75 Å². The molecule has 106 valence electrons. The first-order chi connectivity index (χ1) is 9.46. The number of hydrogen-bond acceptors (Lipinski definition) is 4. The van der Waals surface area contributed by atoms with E-state index < -0.39 is 10.0 Å². The summed E-state index contributed by atoms with van der Waals surface area (Å²) in [5, 5.41) is 0. The highest BCUT2D eigenvalue weighted by Crippen LogP contribution is 2.14. The molecule has 5 nitrogen and oxygen atoms in total. The molecule has 0 spiro atoms. The zero-order valence-electron chi connectivity index (χ0n) is 11.2. The van der Waals surface area contributed by atoms with E-state index in [0.717, 1.165) is 5.56 Å². The molecule has 0 radical (unpaired) electrons. The Morgan fingerprint density at radius 1 is 1.15 bits per heavy atom. The van der Waals surface area contributed by atoms with Gasteiger partial charge in [0.1, 0.15) is 0 Å². The van der Waals surface area contributed by atoms with Gasteiger partial charge in [-0.15, -0.1) is 0 Å². The molecule has 1 unspecified atom stereocenters. The normalized spacial score (nSPS) is 13.1. The van der Waals surface area contributed by atoms with E-state index in [4.69, 9.17) is 5.73 Å². The molecule has 0 fully saturated rings. The van der Waals surface area contributed by atoms with Gasteiger partial charge in [0.2, 0.25) is 10.0 Å². The van der Waals surface area contributed by atoms with Gasteiger partial charge in [-0.3, -0.25) is 4.98 Å². The first-order valence-electron chi connectivity index (χ1n) is 6.20. The lowest BCUT2D eigenvalue weighted by molar-refractivity contribution is 0.566. The van der Waals surface area contributed by atoms with Crippen LogP contribution in [-0.4, -0.2) is 13.4 Å². The fourth-order valence-corrected chi connectivity index (χ4v) is 3.25. The van der Waals surface area contributed by atoms with Crippen LogP contribution in [0.15, 0.2) is 48.8 Å². The van der Waals surface area contributed by atoms with Crippen molar-refractivity contribution in [1.82, 2.24) is 9.71 Å². The van der Waals surface area contributed by atoms with E-state index in [-0.39, 0.29) is 11.8 Å². The molecule has 6 heteroatoms. The molecular formula is C14H17N3O2S. The number of aromatic nitrogens is 1. The number of sulfonamides is 1. The first kappa shape index (κ1) is 14.5. The Labute approximate surface area is 118 Å². The SMILES string of the molecule is CC(NS(=O)(=O)Cc1ccc(N)cc1)c1ccncc1. The van der Waals surface area contributed by atoms with Gasteiger partial charge in [-0.2, -0.15) is 0 Å². The van der Waals surface area contributed by atoms with Gasteiger partial charge < -0.3 is 5.73 Å². The summed E-state index contributed by atoms with van der Waals surface area (Å²) in [6, 6.07) is 10.1. The molecule has 0 aliphatic carbocycles. The average molecular weight is 291 g/mol. The minimum absolute atomic E-state index is 0.0668. The van der Waals surface area contributed by atoms with Crippen molar-refractivity contribution in [2.75, 3.05) is 5.73 Å². The molecule has 2 aromatic rings. The van der Waals surface area contributed by atoms with Crippen LogP contribution in [0, 0.1) is 0 Å². The second-order valence-electron chi connectivity index (χ2n) is 4.62. The van der Waals surface area contributed by atoms with Crippen LogP contribution < -0.4 is 10.5 Å². The lowest BCUT2D eigenvalue weighted by Gasteiger charge is -2.14. The van der Waals surface area contributed by atoms with E-state index in [9.17, 15) is 8.42 Å². The van der Waals surface area contributed by atoms with Crippen LogP contribution in [-0.2, 0) is 15.8 Å². The number of pyridine rings is 1. The van der Waals surface area contributed by atoms with Crippen molar-refractivity contribution in [2.45, 2.75) is 18.7 Å². The maximum absolute atomic E-state index is 12.1. The van der Waals surface area contributed by atoms with Crippen molar-refractivity contribution in [1.29, 1.82) is 0 Å². The topological polar surface area (TPSA) is 85.1 Å². The molecule has 0 saturated heterocycles. The van der Waals surface area contributed by atoms with Gasteiger partial charge in [0, 0.05) is 24.1 Å². The van der Waals surface area contributed by atoms with E-state index in [2.05, 4.69) is 9.71 Å². The summed E-state index contributed by atoms with van der Waals surface area (Å²) in [7, 11) is -3.41. The zero-order chi connectivity index (χ0) is 14.6. The third kappa shape index (κ3) is 4.04. The Hall–Kier alpha value is -1.92. The molecular weight excluding hydrogens is 274 g/mol. The Balaban J connectivity index is 2.06. The van der Waals surface area contributed by atoms with E-state index in [0.29, 0.717) is 11.3 Å². The molecule has 1 atom stereocenters. The standard InChI is InChI=1S/C14H17N3O2S/c1-11(13-6-8-16-9-7-13)17-20(18,19)10-12-2-4-14(15)5-3-12/h2-9,11,17H,10,15H2,1H3. The Kier molecular flexibility index (Phi) is 4.36. The molecule has 0 aliphatic rings. The molecule has 0 bridgehead atoms. The van der Waals surface area contributed by atoms with Crippen molar-refractivity contribution >= 4 is 15.7 Å². The summed E-state index contributed by atoms with van der Waals surface area (Å²) < 4.78 is 26.9. The van der Waals surface area contributed by atoms with Crippen LogP contribution in [0.25, 0.3) is 0 Å². The fourth-order valence-electron chi connectivity index (χ4n) is 1.86. The van der Waals surface area contributed by atoms with Gasteiger partial charge in [-0.05, 0) is 42.3 Å². The molecule has 0 amide bonds. The van der Waals surface area contributed by atoms with Crippen molar-refractivity contribution in [2.24, 2.45) is 0 Å². The number of rotatable bonds is 5. The Morgan fingerprint density at radius 2 is 1.75 bits per heavy atom. The molecule has 20 heavy (non-hydrogen) atoms. The smallest absolute Gasteiger partial charge is 0.216 e. The Morgan fingerprint density at radius 3 is 2.35 bits per heavy atom. The number of nitrogens with two attached hydrogens (primary N) is 1. The van der Waals surface area contributed by atoms with Crippen molar-refractivity contribution in [3.8, 4) is 0 Å². The van der Waals surface area contributed by atoms with Crippen LogP contribution in [0.2, 0.25) is 0 Å². The molecule has 0 aliphatic heterocycles. The maximum Gasteiger partial charge on any atom is 0.216 e. The summed E-state index contributed by atoms with van der Waals surface area (Å²) in [5.74, 6) is -0.0668. The monoisotopic (exact) mass is 291 g/mol. The van der Waals surface area contributed by atoms with Crippen LogP contribution >= 0.6 is 0 Å². The zero-order valence-corrected chi connectivity index (χ0v) is 12.0. The van der Waals surface area contributed by atoms with Gasteiger partial charge in [-0.1, -0.05) is 12.1 Å². The first-order valence-corrected chi connectivity index (χ1v) is 7.86. The third-order valence-electron chi connectivity index (χ3n) is 2.90. The molecule has 1 aromatic heterocycles. The quantitative estimate of drug-likeness (QED) is 0.823. The highest BCUT2D eigenvalue weighted by molar-refractivity contribution is 7.88. The number of benzene rings is 1. The number of nitrogens with one attached hydrogen (secondary N) is 1. The Bertz CT molecular complexity index is 655. The average Bonchev–Trinajstić information content (AvgIpc) is 2.41. The molecule has 1 aromatic carbocycles. The van der Waals surface area contributed by atoms with Gasteiger partial charge in [-0.25, -0.2) is 13.1 Å². The van der Waals surface area contributed by atoms with Gasteiger partial charge in [0.25, 0.3) is 0 Å². The van der Waals surface area contributed by atoms with E-state index in [1.807, 2.05) is 0 Å². The highest BCUT2D eigenvalue weighted by Gasteiger charge is 2.16. The van der Waals surface area contributed by atoms with Crippen molar-refractivity contribution in [3.63, 3.8) is 0 Å². The van der Waals surface area contributed by atoms with E-state index in [1.165, 1.54) is 0 Å².